The molecule has 0 fully saturated rings. The maximum Gasteiger partial charge on any atom is 0.190 e. The largest absolute Gasteiger partial charge is 0.497 e. The van der Waals surface area contributed by atoms with Crippen molar-refractivity contribution in [3.8, 4) is 22.8 Å². The lowest BCUT2D eigenvalue weighted by Crippen LogP contribution is -2.23. The minimum atomic E-state index is -0.587. The summed E-state index contributed by atoms with van der Waals surface area (Å²) in [5.74, 6) is -0.115. The smallest absolute Gasteiger partial charge is 0.190 e. The van der Waals surface area contributed by atoms with Crippen LogP contribution in [0.3, 0.4) is 0 Å². The zero-order valence-electron chi connectivity index (χ0n) is 19.7. The summed E-state index contributed by atoms with van der Waals surface area (Å²) in [6.07, 6.45) is 7.02. The molecule has 0 saturated carbocycles. The molecule has 4 heterocycles. The van der Waals surface area contributed by atoms with Crippen LogP contribution in [0.25, 0.3) is 22.4 Å². The highest BCUT2D eigenvalue weighted by Crippen LogP contribution is 2.32. The van der Waals surface area contributed by atoms with Crippen molar-refractivity contribution in [1.82, 2.24) is 34.1 Å². The van der Waals surface area contributed by atoms with Crippen LogP contribution < -0.4 is 15.0 Å². The van der Waals surface area contributed by atoms with Crippen molar-refractivity contribution in [3.63, 3.8) is 0 Å². The van der Waals surface area contributed by atoms with E-state index < -0.39 is 5.82 Å². The average Bonchev–Trinajstić information content (AvgIpc) is 3.49. The summed E-state index contributed by atoms with van der Waals surface area (Å²) in [4.78, 5) is 14.1. The zero-order chi connectivity index (χ0) is 24.5. The molecule has 0 unspecified atom stereocenters. The van der Waals surface area contributed by atoms with Gasteiger partial charge in [-0.05, 0) is 18.2 Å². The van der Waals surface area contributed by atoms with Gasteiger partial charge in [-0.25, -0.2) is 14.4 Å². The van der Waals surface area contributed by atoms with Gasteiger partial charge in [0.15, 0.2) is 17.2 Å². The van der Waals surface area contributed by atoms with Crippen LogP contribution in [-0.4, -0.2) is 48.3 Å². The first-order valence-electron chi connectivity index (χ1n) is 10.8. The monoisotopic (exact) mass is 474 g/mol. The van der Waals surface area contributed by atoms with Crippen molar-refractivity contribution < 1.29 is 13.9 Å². The Bertz CT molecular complexity index is 1600. The zero-order valence-corrected chi connectivity index (χ0v) is 19.7. The number of methoxy groups -OCH3 is 2. The third-order valence-electron chi connectivity index (χ3n) is 5.63. The molecule has 0 N–H and O–H groups in total. The molecule has 178 valence electrons. The lowest BCUT2D eigenvalue weighted by atomic mass is 10.2. The Kier molecular flexibility index (Phi) is 5.73. The molecule has 35 heavy (non-hydrogen) atoms. The fourth-order valence-corrected chi connectivity index (χ4v) is 3.75. The van der Waals surface area contributed by atoms with Gasteiger partial charge in [-0.3, -0.25) is 14.3 Å². The van der Waals surface area contributed by atoms with Crippen molar-refractivity contribution in [2.75, 3.05) is 14.2 Å². The molecule has 0 saturated heterocycles. The van der Waals surface area contributed by atoms with Crippen LogP contribution in [0.4, 0.5) is 10.1 Å². The quantitative estimate of drug-likeness (QED) is 0.375. The van der Waals surface area contributed by atoms with Crippen molar-refractivity contribution in [3.05, 3.63) is 72.1 Å². The SMILES string of the molecule is COc1cc(/N=c2\ccc3ncc(-c4cnn(C)c4)nc3n2Cc2ccnn2C)c(F)c(OC)c1. The van der Waals surface area contributed by atoms with Crippen molar-refractivity contribution in [2.45, 2.75) is 6.54 Å². The summed E-state index contributed by atoms with van der Waals surface area (Å²) in [6, 6.07) is 8.49. The van der Waals surface area contributed by atoms with Crippen LogP contribution in [-0.2, 0) is 20.6 Å². The molecule has 0 bridgehead atoms. The molecule has 4 aromatic heterocycles. The van der Waals surface area contributed by atoms with Gasteiger partial charge in [0.2, 0.25) is 0 Å². The van der Waals surface area contributed by atoms with Gasteiger partial charge in [0.25, 0.3) is 0 Å². The Hall–Kier alpha value is -4.54. The summed E-state index contributed by atoms with van der Waals surface area (Å²) in [6.45, 7) is 0.389. The minimum Gasteiger partial charge on any atom is -0.497 e. The number of ether oxygens (including phenoxy) is 2. The van der Waals surface area contributed by atoms with E-state index >= 15 is 4.39 Å². The predicted octanol–water partition coefficient (Wildman–Crippen LogP) is 3.00. The highest BCUT2D eigenvalue weighted by molar-refractivity contribution is 5.73. The molecule has 5 aromatic rings. The van der Waals surface area contributed by atoms with E-state index in [1.54, 1.807) is 34.0 Å². The van der Waals surface area contributed by atoms with Crippen LogP contribution in [0.15, 0.2) is 60.1 Å². The number of benzene rings is 1. The van der Waals surface area contributed by atoms with Crippen LogP contribution in [0.5, 0.6) is 11.5 Å². The number of aryl methyl sites for hydroxylation is 2. The lowest BCUT2D eigenvalue weighted by molar-refractivity contribution is 0.374. The van der Waals surface area contributed by atoms with Crippen LogP contribution in [0.1, 0.15) is 5.69 Å². The first-order chi connectivity index (χ1) is 17.0. The van der Waals surface area contributed by atoms with Gasteiger partial charge in [0.05, 0.1) is 44.5 Å². The second-order valence-electron chi connectivity index (χ2n) is 7.87. The third-order valence-corrected chi connectivity index (χ3v) is 5.63. The number of nitrogens with zero attached hydrogens (tertiary/aromatic N) is 8. The van der Waals surface area contributed by atoms with Crippen LogP contribution in [0.2, 0.25) is 0 Å². The van der Waals surface area contributed by atoms with E-state index in [0.29, 0.717) is 34.6 Å². The third kappa shape index (κ3) is 4.23. The molecule has 0 radical (unpaired) electrons. The Labute approximate surface area is 199 Å². The normalized spacial score (nSPS) is 11.9. The molecule has 0 aliphatic rings. The Morgan fingerprint density at radius 3 is 2.57 bits per heavy atom. The first kappa shape index (κ1) is 22.3. The number of halogens is 1. The maximum absolute atomic E-state index is 15.1. The van der Waals surface area contributed by atoms with E-state index in [9.17, 15) is 0 Å². The Balaban J connectivity index is 1.77. The van der Waals surface area contributed by atoms with Crippen LogP contribution >= 0.6 is 0 Å². The highest BCUT2D eigenvalue weighted by Gasteiger charge is 2.14. The maximum atomic E-state index is 15.1. The fourth-order valence-electron chi connectivity index (χ4n) is 3.75. The summed E-state index contributed by atoms with van der Waals surface area (Å²) >= 11 is 0. The van der Waals surface area contributed by atoms with E-state index in [2.05, 4.69) is 20.2 Å². The number of rotatable bonds is 6. The number of hydrogen-bond donors (Lipinski definition) is 0. The number of fused-ring (bicyclic) bond motifs is 1. The molecule has 0 atom stereocenters. The van der Waals surface area contributed by atoms with E-state index in [-0.39, 0.29) is 11.4 Å². The lowest BCUT2D eigenvalue weighted by Gasteiger charge is -2.13. The molecule has 0 spiro atoms. The van der Waals surface area contributed by atoms with Gasteiger partial charge in [0.1, 0.15) is 22.4 Å². The number of pyridine rings is 1. The molecular weight excluding hydrogens is 451 g/mol. The second kappa shape index (κ2) is 9.01. The molecule has 1 aromatic carbocycles. The van der Waals surface area contributed by atoms with Gasteiger partial charge >= 0.3 is 0 Å². The molecule has 5 rings (SSSR count). The summed E-state index contributed by atoms with van der Waals surface area (Å²) in [5.41, 5.74) is 4.22. The van der Waals surface area contributed by atoms with E-state index in [1.165, 1.54) is 26.4 Å². The molecule has 11 heteroatoms. The van der Waals surface area contributed by atoms with Gasteiger partial charge in [-0.15, -0.1) is 0 Å². The minimum absolute atomic E-state index is 0.0423. The Morgan fingerprint density at radius 2 is 1.89 bits per heavy atom. The molecule has 0 aliphatic heterocycles. The standard InChI is InChI=1S/C24H23FN8O2/c1-31-13-15(11-28-31)20-12-26-18-5-6-22(29-19-9-17(34-3)10-21(35-4)23(19)25)33(24(18)30-20)14-16-7-8-27-32(16)2/h5-13H,14H2,1-4H3/b29-22+. The first-order valence-corrected chi connectivity index (χ1v) is 10.8. The molecular formula is C24H23FN8O2. The Morgan fingerprint density at radius 1 is 1.03 bits per heavy atom. The summed E-state index contributed by atoms with van der Waals surface area (Å²) in [7, 11) is 6.60. The van der Waals surface area contributed by atoms with Gasteiger partial charge in [0, 0.05) is 44.2 Å². The van der Waals surface area contributed by atoms with Crippen molar-refractivity contribution >= 4 is 16.9 Å². The predicted molar refractivity (Wildman–Crippen MR) is 127 cm³/mol. The van der Waals surface area contributed by atoms with Crippen LogP contribution in [0, 0.1) is 5.82 Å². The van der Waals surface area contributed by atoms with Gasteiger partial charge < -0.3 is 14.0 Å². The van der Waals surface area contributed by atoms with Crippen molar-refractivity contribution in [1.29, 1.82) is 0 Å². The number of aromatic nitrogens is 7. The van der Waals surface area contributed by atoms with E-state index in [0.717, 1.165) is 11.3 Å². The molecule has 0 aliphatic carbocycles. The van der Waals surface area contributed by atoms with Crippen molar-refractivity contribution in [2.24, 2.45) is 19.1 Å². The fraction of sp³-hybridized carbons (Fsp3) is 0.208. The molecule has 10 nitrogen and oxygen atoms in total. The average molecular weight is 475 g/mol. The second-order valence-corrected chi connectivity index (χ2v) is 7.87. The van der Waals surface area contributed by atoms with E-state index in [4.69, 9.17) is 14.5 Å². The highest BCUT2D eigenvalue weighted by atomic mass is 19.1. The number of hydrogen-bond acceptors (Lipinski definition) is 7. The topological polar surface area (TPSA) is 97.2 Å². The van der Waals surface area contributed by atoms with E-state index in [1.807, 2.05) is 37.0 Å². The summed E-state index contributed by atoms with van der Waals surface area (Å²) in [5, 5.41) is 8.50. The van der Waals surface area contributed by atoms with Gasteiger partial charge in [-0.2, -0.15) is 10.2 Å². The summed E-state index contributed by atoms with van der Waals surface area (Å²) < 4.78 is 30.9. The van der Waals surface area contributed by atoms with Gasteiger partial charge in [-0.1, -0.05) is 0 Å². The molecule has 0 amide bonds.